The van der Waals surface area contributed by atoms with Crippen LogP contribution in [0.15, 0.2) is 12.4 Å². The Hall–Kier alpha value is -0.910. The molecule has 1 rings (SSSR count). The van der Waals surface area contributed by atoms with Gasteiger partial charge in [0.15, 0.2) is 0 Å². The van der Waals surface area contributed by atoms with Crippen molar-refractivity contribution < 1.29 is 9.47 Å². The number of hydrogen-bond donors (Lipinski definition) is 1. The number of nitrogens with one attached hydrogen (secondary N) is 1. The van der Waals surface area contributed by atoms with E-state index in [1.54, 1.807) is 7.11 Å². The van der Waals surface area contributed by atoms with Gasteiger partial charge in [0, 0.05) is 33.2 Å². The maximum atomic E-state index is 5.38. The van der Waals surface area contributed by atoms with E-state index in [0.717, 1.165) is 25.4 Å². The lowest BCUT2D eigenvalue weighted by Gasteiger charge is -2.13. The Bertz CT molecular complexity index is 302. The van der Waals surface area contributed by atoms with E-state index in [1.807, 2.05) is 24.0 Å². The van der Waals surface area contributed by atoms with E-state index < -0.39 is 0 Å². The van der Waals surface area contributed by atoms with Gasteiger partial charge in [-0.15, -0.1) is 0 Å². The molecule has 1 unspecified atom stereocenters. The second-order valence-electron chi connectivity index (χ2n) is 4.03. The predicted octanol–water partition coefficient (Wildman–Crippen LogP) is 1.12. The number of rotatable bonds is 9. The van der Waals surface area contributed by atoms with Crippen molar-refractivity contribution in [3.63, 3.8) is 0 Å². The van der Waals surface area contributed by atoms with Crippen molar-refractivity contribution in [1.82, 2.24) is 14.9 Å². The minimum Gasteiger partial charge on any atom is -0.382 e. The van der Waals surface area contributed by atoms with Gasteiger partial charge < -0.3 is 19.4 Å². The normalized spacial score (nSPS) is 12.9. The molecule has 0 bridgehead atoms. The quantitative estimate of drug-likeness (QED) is 0.658. The molecule has 0 spiro atoms. The van der Waals surface area contributed by atoms with Crippen LogP contribution >= 0.6 is 0 Å². The van der Waals surface area contributed by atoms with Gasteiger partial charge in [-0.1, -0.05) is 0 Å². The SMILES string of the molecule is COCCOCCCNC(C)c1nccn1C. The molecule has 0 aliphatic heterocycles. The zero-order valence-corrected chi connectivity index (χ0v) is 11.0. The molecule has 1 aromatic rings. The molecular formula is C12H23N3O2. The number of aromatic nitrogens is 2. The summed E-state index contributed by atoms with van der Waals surface area (Å²) in [4.78, 5) is 4.31. The van der Waals surface area contributed by atoms with Crippen molar-refractivity contribution in [3.8, 4) is 0 Å². The average Bonchev–Trinajstić information content (AvgIpc) is 2.74. The number of ether oxygens (including phenoxy) is 2. The molecule has 1 N–H and O–H groups in total. The summed E-state index contributed by atoms with van der Waals surface area (Å²) >= 11 is 0. The van der Waals surface area contributed by atoms with E-state index in [4.69, 9.17) is 9.47 Å². The van der Waals surface area contributed by atoms with Gasteiger partial charge in [0.25, 0.3) is 0 Å². The molecule has 1 heterocycles. The molecule has 1 aromatic heterocycles. The molecule has 0 aliphatic carbocycles. The lowest BCUT2D eigenvalue weighted by Crippen LogP contribution is -2.23. The molecule has 0 fully saturated rings. The zero-order chi connectivity index (χ0) is 12.5. The Balaban J connectivity index is 2.05. The number of aryl methyl sites for hydroxylation is 1. The highest BCUT2D eigenvalue weighted by Crippen LogP contribution is 2.07. The fraction of sp³-hybridized carbons (Fsp3) is 0.750. The van der Waals surface area contributed by atoms with Crippen molar-refractivity contribution in [3.05, 3.63) is 18.2 Å². The Morgan fingerprint density at radius 3 is 2.88 bits per heavy atom. The molecule has 98 valence electrons. The van der Waals surface area contributed by atoms with E-state index in [0.29, 0.717) is 13.2 Å². The van der Waals surface area contributed by atoms with Crippen LogP contribution in [0.4, 0.5) is 0 Å². The first-order valence-electron chi connectivity index (χ1n) is 6.03. The smallest absolute Gasteiger partial charge is 0.125 e. The second-order valence-corrected chi connectivity index (χ2v) is 4.03. The highest BCUT2D eigenvalue weighted by molar-refractivity contribution is 4.96. The van der Waals surface area contributed by atoms with Crippen LogP contribution in [0, 0.1) is 0 Å². The number of hydrogen-bond acceptors (Lipinski definition) is 4. The molecule has 17 heavy (non-hydrogen) atoms. The summed E-state index contributed by atoms with van der Waals surface area (Å²) in [5, 5.41) is 3.42. The standard InChI is InChI=1S/C12H23N3O2/c1-11(12-14-6-7-15(12)2)13-5-4-8-17-10-9-16-3/h6-7,11,13H,4-5,8-10H2,1-3H3. The lowest BCUT2D eigenvalue weighted by molar-refractivity contribution is 0.0692. The molecule has 0 radical (unpaired) electrons. The van der Waals surface area contributed by atoms with E-state index in [-0.39, 0.29) is 6.04 Å². The van der Waals surface area contributed by atoms with Crippen molar-refractivity contribution in [1.29, 1.82) is 0 Å². The number of imidazole rings is 1. The first-order valence-corrected chi connectivity index (χ1v) is 6.03. The van der Waals surface area contributed by atoms with E-state index in [9.17, 15) is 0 Å². The summed E-state index contributed by atoms with van der Waals surface area (Å²) in [5.41, 5.74) is 0. The van der Waals surface area contributed by atoms with Gasteiger partial charge in [0.2, 0.25) is 0 Å². The fourth-order valence-corrected chi connectivity index (χ4v) is 1.62. The molecule has 0 amide bonds. The molecule has 0 aromatic carbocycles. The Kier molecular flexibility index (Phi) is 6.84. The maximum Gasteiger partial charge on any atom is 0.125 e. The van der Waals surface area contributed by atoms with Gasteiger partial charge in [-0.05, 0) is 19.9 Å². The van der Waals surface area contributed by atoms with Gasteiger partial charge in [-0.3, -0.25) is 0 Å². The number of methoxy groups -OCH3 is 1. The second kappa shape index (κ2) is 8.22. The van der Waals surface area contributed by atoms with Crippen LogP contribution in [0.25, 0.3) is 0 Å². The summed E-state index contributed by atoms with van der Waals surface area (Å²) in [6, 6.07) is 0.272. The maximum absolute atomic E-state index is 5.38. The minimum absolute atomic E-state index is 0.272. The van der Waals surface area contributed by atoms with E-state index >= 15 is 0 Å². The van der Waals surface area contributed by atoms with Crippen LogP contribution in [0.3, 0.4) is 0 Å². The zero-order valence-electron chi connectivity index (χ0n) is 11.0. The molecule has 0 saturated heterocycles. The summed E-state index contributed by atoms with van der Waals surface area (Å²) in [7, 11) is 3.69. The lowest BCUT2D eigenvalue weighted by atomic mass is 10.3. The topological polar surface area (TPSA) is 48.3 Å². The first kappa shape index (κ1) is 14.2. The van der Waals surface area contributed by atoms with Crippen LogP contribution in [0.2, 0.25) is 0 Å². The van der Waals surface area contributed by atoms with Crippen LogP contribution in [0.1, 0.15) is 25.2 Å². The largest absolute Gasteiger partial charge is 0.382 e. The van der Waals surface area contributed by atoms with Gasteiger partial charge in [0.05, 0.1) is 19.3 Å². The highest BCUT2D eigenvalue weighted by atomic mass is 16.5. The van der Waals surface area contributed by atoms with E-state index in [2.05, 4.69) is 17.2 Å². The Morgan fingerprint density at radius 1 is 1.41 bits per heavy atom. The average molecular weight is 241 g/mol. The van der Waals surface area contributed by atoms with Crippen LogP contribution in [0.5, 0.6) is 0 Å². The predicted molar refractivity (Wildman–Crippen MR) is 66.9 cm³/mol. The molecule has 5 nitrogen and oxygen atoms in total. The van der Waals surface area contributed by atoms with Crippen molar-refractivity contribution in [2.45, 2.75) is 19.4 Å². The van der Waals surface area contributed by atoms with Crippen LogP contribution in [-0.2, 0) is 16.5 Å². The van der Waals surface area contributed by atoms with Crippen LogP contribution in [-0.4, -0.2) is 43.0 Å². The first-order chi connectivity index (χ1) is 8.25. The minimum atomic E-state index is 0.272. The summed E-state index contributed by atoms with van der Waals surface area (Å²) in [6.45, 7) is 5.15. The molecule has 0 saturated carbocycles. The third kappa shape index (κ3) is 5.30. The molecular weight excluding hydrogens is 218 g/mol. The summed E-state index contributed by atoms with van der Waals surface area (Å²) < 4.78 is 12.3. The van der Waals surface area contributed by atoms with Crippen molar-refractivity contribution in [2.24, 2.45) is 7.05 Å². The molecule has 1 atom stereocenters. The number of nitrogens with zero attached hydrogens (tertiary/aromatic N) is 2. The van der Waals surface area contributed by atoms with Crippen molar-refractivity contribution in [2.75, 3.05) is 33.5 Å². The highest BCUT2D eigenvalue weighted by Gasteiger charge is 2.08. The summed E-state index contributed by atoms with van der Waals surface area (Å²) in [6.07, 6.45) is 4.78. The monoisotopic (exact) mass is 241 g/mol. The Labute approximate surface area is 103 Å². The fourth-order valence-electron chi connectivity index (χ4n) is 1.62. The third-order valence-corrected chi connectivity index (χ3v) is 2.59. The van der Waals surface area contributed by atoms with Crippen molar-refractivity contribution >= 4 is 0 Å². The molecule has 5 heteroatoms. The van der Waals surface area contributed by atoms with Gasteiger partial charge >= 0.3 is 0 Å². The summed E-state index contributed by atoms with van der Waals surface area (Å²) in [5.74, 6) is 1.06. The third-order valence-electron chi connectivity index (χ3n) is 2.59. The van der Waals surface area contributed by atoms with Gasteiger partial charge in [-0.25, -0.2) is 4.98 Å². The van der Waals surface area contributed by atoms with E-state index in [1.165, 1.54) is 0 Å². The van der Waals surface area contributed by atoms with Gasteiger partial charge in [0.1, 0.15) is 5.82 Å². The van der Waals surface area contributed by atoms with Crippen LogP contribution < -0.4 is 5.32 Å². The molecule has 0 aliphatic rings. The Morgan fingerprint density at radius 2 is 2.24 bits per heavy atom. The van der Waals surface area contributed by atoms with Gasteiger partial charge in [-0.2, -0.15) is 0 Å².